The largest absolute Gasteiger partial charge is 0.423 e. The molecule has 3 heteroatoms. The van der Waals surface area contributed by atoms with E-state index in [9.17, 15) is 4.79 Å². The summed E-state index contributed by atoms with van der Waals surface area (Å²) >= 11 is 0. The van der Waals surface area contributed by atoms with Gasteiger partial charge in [0.05, 0.1) is 0 Å². The predicted molar refractivity (Wildman–Crippen MR) is 56.6 cm³/mol. The molecule has 0 spiro atoms. The fourth-order valence-corrected chi connectivity index (χ4v) is 1.22. The minimum Gasteiger partial charge on any atom is -0.423 e. The summed E-state index contributed by atoms with van der Waals surface area (Å²) in [7, 11) is 0. The summed E-state index contributed by atoms with van der Waals surface area (Å²) in [6.07, 6.45) is 2.50. The van der Waals surface area contributed by atoms with Crippen LogP contribution in [-0.4, -0.2) is 0 Å². The molecule has 2 rings (SSSR count). The molecule has 74 valence electrons. The van der Waals surface area contributed by atoms with Crippen molar-refractivity contribution in [2.24, 2.45) is 0 Å². The lowest BCUT2D eigenvalue weighted by Gasteiger charge is -1.98. The van der Waals surface area contributed by atoms with E-state index in [1.165, 1.54) is 6.07 Å². The zero-order valence-corrected chi connectivity index (χ0v) is 8.11. The normalized spacial score (nSPS) is 9.40. The van der Waals surface area contributed by atoms with E-state index in [0.717, 1.165) is 5.39 Å². The van der Waals surface area contributed by atoms with Gasteiger partial charge in [-0.1, -0.05) is 5.92 Å². The molecule has 1 aromatic heterocycles. The van der Waals surface area contributed by atoms with E-state index < -0.39 is 0 Å². The van der Waals surface area contributed by atoms with Crippen molar-refractivity contribution in [2.75, 3.05) is 0 Å². The quantitative estimate of drug-likeness (QED) is 0.523. The van der Waals surface area contributed by atoms with Gasteiger partial charge in [-0.2, -0.15) is 0 Å². The van der Waals surface area contributed by atoms with Gasteiger partial charge >= 0.3 is 5.63 Å². The second-order valence-corrected chi connectivity index (χ2v) is 2.91. The molecule has 0 radical (unpaired) electrons. The monoisotopic (exact) mass is 200 g/mol. The van der Waals surface area contributed by atoms with Crippen molar-refractivity contribution in [3.63, 3.8) is 0 Å². The van der Waals surface area contributed by atoms with E-state index in [1.807, 2.05) is 0 Å². The SMILES string of the molecule is CC#COc1ccc2oc(=O)ccc2c1. The molecular weight excluding hydrogens is 192 g/mol. The summed E-state index contributed by atoms with van der Waals surface area (Å²) in [6.45, 7) is 1.69. The Labute approximate surface area is 86.3 Å². The molecule has 0 fully saturated rings. The van der Waals surface area contributed by atoms with Crippen molar-refractivity contribution in [2.45, 2.75) is 6.92 Å². The maximum Gasteiger partial charge on any atom is 0.336 e. The van der Waals surface area contributed by atoms with Crippen LogP contribution in [0.25, 0.3) is 11.0 Å². The summed E-state index contributed by atoms with van der Waals surface area (Å²) in [6, 6.07) is 8.21. The molecular formula is C12H8O3. The maximum atomic E-state index is 10.9. The van der Waals surface area contributed by atoms with Gasteiger partial charge in [0.25, 0.3) is 0 Å². The molecule has 15 heavy (non-hydrogen) atoms. The molecule has 0 saturated heterocycles. The summed E-state index contributed by atoms with van der Waals surface area (Å²) in [5.41, 5.74) is 0.184. The molecule has 0 unspecified atom stereocenters. The zero-order valence-electron chi connectivity index (χ0n) is 8.11. The Bertz CT molecular complexity index is 599. The molecule has 2 aromatic rings. The fourth-order valence-electron chi connectivity index (χ4n) is 1.22. The number of benzene rings is 1. The number of hydrogen-bond donors (Lipinski definition) is 0. The van der Waals surface area contributed by atoms with Crippen LogP contribution in [0.5, 0.6) is 5.75 Å². The van der Waals surface area contributed by atoms with Crippen molar-refractivity contribution in [1.29, 1.82) is 0 Å². The van der Waals surface area contributed by atoms with Gasteiger partial charge in [-0.3, -0.25) is 0 Å². The number of rotatable bonds is 1. The molecule has 0 bridgehead atoms. The van der Waals surface area contributed by atoms with Crippen LogP contribution in [0.15, 0.2) is 39.5 Å². The first-order valence-corrected chi connectivity index (χ1v) is 4.42. The number of hydrogen-bond acceptors (Lipinski definition) is 3. The average molecular weight is 200 g/mol. The van der Waals surface area contributed by atoms with Crippen molar-refractivity contribution >= 4 is 11.0 Å². The van der Waals surface area contributed by atoms with Crippen molar-refractivity contribution in [3.8, 4) is 17.8 Å². The Morgan fingerprint density at radius 1 is 1.27 bits per heavy atom. The van der Waals surface area contributed by atoms with Crippen LogP contribution in [0.2, 0.25) is 0 Å². The first kappa shape index (κ1) is 9.35. The lowest BCUT2D eigenvalue weighted by molar-refractivity contribution is 0.518. The molecule has 0 aliphatic rings. The molecule has 0 amide bonds. The van der Waals surface area contributed by atoms with Gasteiger partial charge < -0.3 is 9.15 Å². The zero-order chi connectivity index (χ0) is 10.7. The van der Waals surface area contributed by atoms with Gasteiger partial charge in [-0.15, -0.1) is 0 Å². The van der Waals surface area contributed by atoms with Gasteiger partial charge in [0.15, 0.2) is 0 Å². The Morgan fingerprint density at radius 3 is 2.93 bits per heavy atom. The molecule has 1 heterocycles. The Kier molecular flexibility index (Phi) is 2.42. The van der Waals surface area contributed by atoms with Gasteiger partial charge in [0, 0.05) is 18.4 Å². The molecule has 1 aromatic carbocycles. The summed E-state index contributed by atoms with van der Waals surface area (Å²) in [5, 5.41) is 0.810. The van der Waals surface area contributed by atoms with Gasteiger partial charge in [0.1, 0.15) is 17.4 Å². The lowest BCUT2D eigenvalue weighted by Crippen LogP contribution is -1.94. The highest BCUT2D eigenvalue weighted by Crippen LogP contribution is 2.18. The third kappa shape index (κ3) is 2.00. The molecule has 0 aliphatic heterocycles. The Morgan fingerprint density at radius 2 is 2.13 bits per heavy atom. The third-order valence-corrected chi connectivity index (χ3v) is 1.86. The minimum atomic E-state index is -0.357. The van der Waals surface area contributed by atoms with Gasteiger partial charge in [-0.25, -0.2) is 4.79 Å². The first-order chi connectivity index (χ1) is 7.29. The van der Waals surface area contributed by atoms with Crippen LogP contribution in [0.3, 0.4) is 0 Å². The summed E-state index contributed by atoms with van der Waals surface area (Å²) in [5.74, 6) is 3.26. The summed E-state index contributed by atoms with van der Waals surface area (Å²) in [4.78, 5) is 10.9. The number of ether oxygens (including phenoxy) is 1. The van der Waals surface area contributed by atoms with E-state index in [4.69, 9.17) is 9.15 Å². The van der Waals surface area contributed by atoms with Crippen LogP contribution in [0.1, 0.15) is 6.92 Å². The molecule has 0 N–H and O–H groups in total. The highest BCUT2D eigenvalue weighted by atomic mass is 16.5. The van der Waals surface area contributed by atoms with E-state index in [1.54, 1.807) is 31.2 Å². The molecule has 0 saturated carbocycles. The highest BCUT2D eigenvalue weighted by molar-refractivity contribution is 5.77. The summed E-state index contributed by atoms with van der Waals surface area (Å²) < 4.78 is 10.1. The van der Waals surface area contributed by atoms with Crippen molar-refractivity contribution in [3.05, 3.63) is 40.8 Å². The van der Waals surface area contributed by atoms with Crippen LogP contribution >= 0.6 is 0 Å². The van der Waals surface area contributed by atoms with Crippen LogP contribution in [0.4, 0.5) is 0 Å². The maximum absolute atomic E-state index is 10.9. The van der Waals surface area contributed by atoms with E-state index in [-0.39, 0.29) is 5.63 Å². The average Bonchev–Trinajstić information content (AvgIpc) is 2.26. The second-order valence-electron chi connectivity index (χ2n) is 2.91. The molecule has 0 atom stereocenters. The smallest absolute Gasteiger partial charge is 0.336 e. The third-order valence-electron chi connectivity index (χ3n) is 1.86. The lowest BCUT2D eigenvalue weighted by atomic mass is 10.2. The predicted octanol–water partition coefficient (Wildman–Crippen LogP) is 2.15. The van der Waals surface area contributed by atoms with E-state index in [2.05, 4.69) is 12.0 Å². The van der Waals surface area contributed by atoms with Gasteiger partial charge in [-0.05, 0) is 24.3 Å². The second kappa shape index (κ2) is 3.89. The fraction of sp³-hybridized carbons (Fsp3) is 0.0833. The first-order valence-electron chi connectivity index (χ1n) is 4.42. The highest BCUT2D eigenvalue weighted by Gasteiger charge is 1.98. The van der Waals surface area contributed by atoms with Crippen LogP contribution in [-0.2, 0) is 0 Å². The molecule has 3 nitrogen and oxygen atoms in total. The van der Waals surface area contributed by atoms with Crippen molar-refractivity contribution < 1.29 is 9.15 Å². The van der Waals surface area contributed by atoms with Crippen LogP contribution < -0.4 is 10.4 Å². The van der Waals surface area contributed by atoms with Crippen LogP contribution in [0, 0.1) is 12.0 Å². The number of fused-ring (bicyclic) bond motifs is 1. The minimum absolute atomic E-state index is 0.357. The standard InChI is InChI=1S/C12H8O3/c1-2-7-14-10-4-5-11-9(8-10)3-6-12(13)15-11/h3-6,8H,1H3. The van der Waals surface area contributed by atoms with E-state index >= 15 is 0 Å². The van der Waals surface area contributed by atoms with E-state index in [0.29, 0.717) is 11.3 Å². The topological polar surface area (TPSA) is 39.4 Å². The Balaban J connectivity index is 2.50. The molecule has 0 aliphatic carbocycles. The van der Waals surface area contributed by atoms with Crippen molar-refractivity contribution in [1.82, 2.24) is 0 Å². The Hall–Kier alpha value is -2.21. The van der Waals surface area contributed by atoms with Gasteiger partial charge in [0.2, 0.25) is 0 Å².